The molecule has 0 amide bonds. The molecule has 1 heterocycles. The summed E-state index contributed by atoms with van der Waals surface area (Å²) >= 11 is 3.39. The lowest BCUT2D eigenvalue weighted by molar-refractivity contribution is 0.128. The van der Waals surface area contributed by atoms with Crippen LogP contribution < -0.4 is 5.73 Å². The van der Waals surface area contributed by atoms with Crippen LogP contribution in [0.2, 0.25) is 0 Å². The smallest absolute Gasteiger partial charge is 0.156 e. The lowest BCUT2D eigenvalue weighted by atomic mass is 10.1. The fraction of sp³-hybridized carbons (Fsp3) is 0.600. The Morgan fingerprint density at radius 3 is 2.60 bits per heavy atom. The monoisotopic (exact) mass is 273 g/mol. The fourth-order valence-corrected chi connectivity index (χ4v) is 1.81. The van der Waals surface area contributed by atoms with E-state index in [9.17, 15) is 0 Å². The molecule has 1 aromatic heterocycles. The van der Waals surface area contributed by atoms with E-state index in [1.807, 2.05) is 6.92 Å². The van der Waals surface area contributed by atoms with E-state index >= 15 is 0 Å². The van der Waals surface area contributed by atoms with E-state index in [1.54, 1.807) is 0 Å². The highest BCUT2D eigenvalue weighted by Crippen LogP contribution is 2.26. The molecule has 0 atom stereocenters. The number of ether oxygens (including phenoxy) is 1. The molecule has 0 aliphatic carbocycles. The summed E-state index contributed by atoms with van der Waals surface area (Å²) in [6.07, 6.45) is 0. The summed E-state index contributed by atoms with van der Waals surface area (Å²) in [5.74, 6) is 1.43. The van der Waals surface area contributed by atoms with Crippen LogP contribution in [0.1, 0.15) is 38.2 Å². The van der Waals surface area contributed by atoms with E-state index in [4.69, 9.17) is 10.5 Å². The van der Waals surface area contributed by atoms with Crippen LogP contribution >= 0.6 is 15.9 Å². The van der Waals surface area contributed by atoms with Crippen molar-refractivity contribution in [3.63, 3.8) is 0 Å². The van der Waals surface area contributed by atoms with Crippen molar-refractivity contribution in [1.82, 2.24) is 9.97 Å². The van der Waals surface area contributed by atoms with Crippen LogP contribution in [0.5, 0.6) is 0 Å². The fourth-order valence-electron chi connectivity index (χ4n) is 1.17. The van der Waals surface area contributed by atoms with E-state index in [0.29, 0.717) is 30.8 Å². The number of aromatic nitrogens is 2. The molecule has 0 unspecified atom stereocenters. The molecule has 84 valence electrons. The van der Waals surface area contributed by atoms with Crippen LogP contribution in [-0.4, -0.2) is 16.6 Å². The van der Waals surface area contributed by atoms with Crippen LogP contribution in [-0.2, 0) is 11.3 Å². The standard InChI is InChI=1S/C10H16BrN3O/c1-4-15-5-7-13-9(6(2)3)8(11)10(12)14-7/h6H,4-5H2,1-3H3,(H2,12,13,14). The molecule has 2 N–H and O–H groups in total. The first kappa shape index (κ1) is 12.4. The number of halogens is 1. The normalized spacial score (nSPS) is 11.0. The van der Waals surface area contributed by atoms with Gasteiger partial charge in [-0.05, 0) is 28.8 Å². The topological polar surface area (TPSA) is 61.0 Å². The first-order valence-corrected chi connectivity index (χ1v) is 5.75. The quantitative estimate of drug-likeness (QED) is 0.916. The Morgan fingerprint density at radius 1 is 1.40 bits per heavy atom. The van der Waals surface area contributed by atoms with Crippen LogP contribution in [0, 0.1) is 0 Å². The molecule has 0 bridgehead atoms. The molecule has 1 aromatic rings. The van der Waals surface area contributed by atoms with E-state index in [-0.39, 0.29) is 0 Å². The van der Waals surface area contributed by atoms with Gasteiger partial charge in [-0.1, -0.05) is 13.8 Å². The van der Waals surface area contributed by atoms with E-state index < -0.39 is 0 Å². The molecule has 0 saturated carbocycles. The molecule has 1 rings (SSSR count). The number of rotatable bonds is 4. The lowest BCUT2D eigenvalue weighted by Crippen LogP contribution is -2.08. The van der Waals surface area contributed by atoms with Crippen molar-refractivity contribution >= 4 is 21.7 Å². The SMILES string of the molecule is CCOCc1nc(N)c(Br)c(C(C)C)n1. The van der Waals surface area contributed by atoms with Crippen LogP contribution in [0.3, 0.4) is 0 Å². The number of nitrogens with zero attached hydrogens (tertiary/aromatic N) is 2. The van der Waals surface area contributed by atoms with Crippen molar-refractivity contribution < 1.29 is 4.74 Å². The average molecular weight is 274 g/mol. The van der Waals surface area contributed by atoms with Crippen molar-refractivity contribution in [3.05, 3.63) is 16.0 Å². The summed E-state index contributed by atoms with van der Waals surface area (Å²) in [5.41, 5.74) is 6.71. The first-order chi connectivity index (χ1) is 7.06. The number of anilines is 1. The third-order valence-electron chi connectivity index (χ3n) is 1.93. The van der Waals surface area contributed by atoms with Crippen molar-refractivity contribution in [3.8, 4) is 0 Å². The number of nitrogen functional groups attached to an aromatic ring is 1. The Balaban J connectivity index is 3.00. The predicted molar refractivity (Wildman–Crippen MR) is 63.6 cm³/mol. The van der Waals surface area contributed by atoms with Crippen molar-refractivity contribution in [2.45, 2.75) is 33.3 Å². The molecule has 0 fully saturated rings. The molecule has 0 aliphatic heterocycles. The number of nitrogens with two attached hydrogens (primary N) is 1. The summed E-state index contributed by atoms with van der Waals surface area (Å²) in [6.45, 7) is 7.13. The van der Waals surface area contributed by atoms with Gasteiger partial charge in [0.2, 0.25) is 0 Å². The Labute approximate surface area is 98.4 Å². The highest BCUT2D eigenvalue weighted by molar-refractivity contribution is 9.10. The van der Waals surface area contributed by atoms with Gasteiger partial charge in [-0.3, -0.25) is 0 Å². The second-order valence-electron chi connectivity index (χ2n) is 3.52. The minimum atomic E-state index is 0.310. The number of hydrogen-bond acceptors (Lipinski definition) is 4. The molecular weight excluding hydrogens is 258 g/mol. The molecule has 0 aromatic carbocycles. The van der Waals surface area contributed by atoms with E-state index in [2.05, 4.69) is 39.7 Å². The number of hydrogen-bond donors (Lipinski definition) is 1. The zero-order chi connectivity index (χ0) is 11.4. The Kier molecular flexibility index (Phi) is 4.47. The summed E-state index contributed by atoms with van der Waals surface area (Å²) in [5, 5.41) is 0. The highest BCUT2D eigenvalue weighted by Gasteiger charge is 2.12. The third kappa shape index (κ3) is 3.14. The summed E-state index contributed by atoms with van der Waals surface area (Å²) in [6, 6.07) is 0. The Bertz CT molecular complexity index is 342. The van der Waals surface area contributed by atoms with Crippen LogP contribution in [0.25, 0.3) is 0 Å². The van der Waals surface area contributed by atoms with Gasteiger partial charge in [-0.25, -0.2) is 9.97 Å². The van der Waals surface area contributed by atoms with Gasteiger partial charge in [0.15, 0.2) is 5.82 Å². The van der Waals surface area contributed by atoms with Gasteiger partial charge in [0, 0.05) is 6.61 Å². The second kappa shape index (κ2) is 5.42. The molecule has 0 aliphatic rings. The van der Waals surface area contributed by atoms with Crippen LogP contribution in [0.15, 0.2) is 4.47 Å². The minimum Gasteiger partial charge on any atom is -0.383 e. The van der Waals surface area contributed by atoms with Crippen molar-refractivity contribution in [2.24, 2.45) is 0 Å². The van der Waals surface area contributed by atoms with Gasteiger partial charge < -0.3 is 10.5 Å². The predicted octanol–water partition coefficient (Wildman–Crippen LogP) is 2.48. The van der Waals surface area contributed by atoms with Gasteiger partial charge >= 0.3 is 0 Å². The van der Waals surface area contributed by atoms with E-state index in [1.165, 1.54) is 0 Å². The van der Waals surface area contributed by atoms with Gasteiger partial charge in [-0.15, -0.1) is 0 Å². The first-order valence-electron chi connectivity index (χ1n) is 4.95. The van der Waals surface area contributed by atoms with Crippen molar-refractivity contribution in [1.29, 1.82) is 0 Å². The Morgan fingerprint density at radius 2 is 2.07 bits per heavy atom. The molecule has 0 saturated heterocycles. The molecule has 5 heteroatoms. The maximum atomic E-state index is 5.78. The average Bonchev–Trinajstić information content (AvgIpc) is 2.19. The summed E-state index contributed by atoms with van der Waals surface area (Å²) in [7, 11) is 0. The minimum absolute atomic E-state index is 0.310. The van der Waals surface area contributed by atoms with Crippen molar-refractivity contribution in [2.75, 3.05) is 12.3 Å². The van der Waals surface area contributed by atoms with Gasteiger partial charge in [-0.2, -0.15) is 0 Å². The maximum Gasteiger partial charge on any atom is 0.156 e. The van der Waals surface area contributed by atoms with E-state index in [0.717, 1.165) is 10.2 Å². The molecule has 0 spiro atoms. The maximum absolute atomic E-state index is 5.78. The zero-order valence-electron chi connectivity index (χ0n) is 9.25. The van der Waals surface area contributed by atoms with Gasteiger partial charge in [0.25, 0.3) is 0 Å². The van der Waals surface area contributed by atoms with Crippen LogP contribution in [0.4, 0.5) is 5.82 Å². The zero-order valence-corrected chi connectivity index (χ0v) is 10.8. The summed E-state index contributed by atoms with van der Waals surface area (Å²) in [4.78, 5) is 8.56. The molecule has 15 heavy (non-hydrogen) atoms. The second-order valence-corrected chi connectivity index (χ2v) is 4.31. The molecule has 4 nitrogen and oxygen atoms in total. The lowest BCUT2D eigenvalue weighted by Gasteiger charge is -2.11. The molecule has 0 radical (unpaired) electrons. The van der Waals surface area contributed by atoms with Gasteiger partial charge in [0.05, 0.1) is 10.2 Å². The summed E-state index contributed by atoms with van der Waals surface area (Å²) < 4.78 is 6.04. The Hall–Kier alpha value is -0.680. The van der Waals surface area contributed by atoms with Gasteiger partial charge in [0.1, 0.15) is 12.4 Å². The highest BCUT2D eigenvalue weighted by atomic mass is 79.9. The molecular formula is C10H16BrN3O. The largest absolute Gasteiger partial charge is 0.383 e. The third-order valence-corrected chi connectivity index (χ3v) is 2.74.